The van der Waals surface area contributed by atoms with Crippen LogP contribution in [0.5, 0.6) is 11.5 Å². The van der Waals surface area contributed by atoms with Gasteiger partial charge in [-0.3, -0.25) is 4.79 Å². The summed E-state index contributed by atoms with van der Waals surface area (Å²) in [6.07, 6.45) is -2.71. The van der Waals surface area contributed by atoms with Crippen molar-refractivity contribution in [3.05, 3.63) is 90.3 Å². The molecule has 0 aliphatic heterocycles. The second-order valence-electron chi connectivity index (χ2n) is 9.01. The molecule has 0 atom stereocenters. The fraction of sp³-hybridized carbons (Fsp3) is 0.250. The number of benzene rings is 3. The van der Waals surface area contributed by atoms with E-state index in [1.54, 1.807) is 48.5 Å². The van der Waals surface area contributed by atoms with Gasteiger partial charge in [-0.2, -0.15) is 0 Å². The summed E-state index contributed by atoms with van der Waals surface area (Å²) in [4.78, 5) is 16.8. The predicted octanol–water partition coefficient (Wildman–Crippen LogP) is 6.28. The van der Waals surface area contributed by atoms with Crippen LogP contribution < -0.4 is 4.74 Å². The van der Waals surface area contributed by atoms with Crippen LogP contribution in [0, 0.1) is 0 Å². The molecule has 4 aromatic rings. The number of carbonyl (C=O) groups is 1. The third-order valence-electron chi connectivity index (χ3n) is 5.34. The van der Waals surface area contributed by atoms with E-state index >= 15 is 0 Å². The first kappa shape index (κ1) is 28.2. The number of hydrogen-bond donors (Lipinski definition) is 1. The Balaban J connectivity index is 0.00000400. The van der Waals surface area contributed by atoms with E-state index in [-0.39, 0.29) is 31.3 Å². The van der Waals surface area contributed by atoms with E-state index in [1.165, 1.54) is 35.3 Å². The summed E-state index contributed by atoms with van der Waals surface area (Å²) < 4.78 is 48.0. The molecule has 0 saturated heterocycles. The van der Waals surface area contributed by atoms with Crippen LogP contribution in [0.2, 0.25) is 0 Å². The smallest absolute Gasteiger partial charge is 0.508 e. The van der Waals surface area contributed by atoms with E-state index in [0.29, 0.717) is 23.5 Å². The van der Waals surface area contributed by atoms with Gasteiger partial charge in [0.05, 0.1) is 12.1 Å². The fourth-order valence-electron chi connectivity index (χ4n) is 3.74. The van der Waals surface area contributed by atoms with E-state index in [1.807, 2.05) is 13.8 Å². The number of nitrogens with zero attached hydrogens (tertiary/aromatic N) is 3. The number of phenolic OH excluding ortho intramolecular Hbond substituents is 1. The van der Waals surface area contributed by atoms with Gasteiger partial charge in [0.15, 0.2) is 5.82 Å². The van der Waals surface area contributed by atoms with E-state index in [4.69, 9.17) is 4.74 Å². The highest BCUT2D eigenvalue weighted by molar-refractivity contribution is 5.73. The molecule has 0 fully saturated rings. The third-order valence-corrected chi connectivity index (χ3v) is 5.34. The van der Waals surface area contributed by atoms with Gasteiger partial charge in [0.2, 0.25) is 0 Å². The van der Waals surface area contributed by atoms with Gasteiger partial charge in [0.25, 0.3) is 0 Å². The van der Waals surface area contributed by atoms with Gasteiger partial charge in [0, 0.05) is 12.0 Å². The average Bonchev–Trinajstić information content (AvgIpc) is 3.30. The minimum absolute atomic E-state index is 0. The highest BCUT2D eigenvalue weighted by atomic mass is 19.4. The lowest BCUT2D eigenvalue weighted by molar-refractivity contribution is -0.274. The van der Waals surface area contributed by atoms with Gasteiger partial charge in [-0.25, -0.2) is 9.67 Å². The number of rotatable bonds is 8. The summed E-state index contributed by atoms with van der Waals surface area (Å²) >= 11 is 0. The highest BCUT2D eigenvalue weighted by Crippen LogP contribution is 2.24. The fourth-order valence-corrected chi connectivity index (χ4v) is 3.74. The standard InChI is InChI=1S/C27H24F3N3O4.CH4/c1-26(2,16-19-5-11-22(34)12-6-19)37-24(35)15-18-3-7-20(8-4-18)25-31-17-33(32-25)21-9-13-23(14-10-21)36-27(28,29)30;/h3-14,17,34H,15-16H2,1-2H3;1H4. The summed E-state index contributed by atoms with van der Waals surface area (Å²) in [5, 5.41) is 13.8. The van der Waals surface area contributed by atoms with Crippen molar-refractivity contribution >= 4 is 5.97 Å². The van der Waals surface area contributed by atoms with Crippen LogP contribution in [0.1, 0.15) is 32.4 Å². The quantitative estimate of drug-likeness (QED) is 0.271. The summed E-state index contributed by atoms with van der Waals surface area (Å²) in [6, 6.07) is 19.2. The molecule has 0 aliphatic rings. The minimum atomic E-state index is -4.76. The Morgan fingerprint density at radius 1 is 0.921 bits per heavy atom. The van der Waals surface area contributed by atoms with Crippen LogP contribution in [-0.2, 0) is 22.4 Å². The number of alkyl halides is 3. The Morgan fingerprint density at radius 3 is 2.13 bits per heavy atom. The minimum Gasteiger partial charge on any atom is -0.508 e. The van der Waals surface area contributed by atoms with Crippen LogP contribution in [0.3, 0.4) is 0 Å². The lowest BCUT2D eigenvalue weighted by Gasteiger charge is -2.25. The lowest BCUT2D eigenvalue weighted by Crippen LogP contribution is -2.31. The van der Waals surface area contributed by atoms with Crippen LogP contribution >= 0.6 is 0 Å². The van der Waals surface area contributed by atoms with Gasteiger partial charge in [-0.15, -0.1) is 18.3 Å². The Labute approximate surface area is 218 Å². The summed E-state index contributed by atoms with van der Waals surface area (Å²) in [6.45, 7) is 3.67. The Kier molecular flexibility index (Phi) is 8.45. The number of phenols is 1. The molecule has 1 heterocycles. The number of halogens is 3. The van der Waals surface area contributed by atoms with E-state index in [9.17, 15) is 23.1 Å². The number of aromatic nitrogens is 3. The molecule has 0 radical (unpaired) electrons. The monoisotopic (exact) mass is 527 g/mol. The van der Waals surface area contributed by atoms with Crippen molar-refractivity contribution in [2.75, 3.05) is 0 Å². The molecule has 3 aromatic carbocycles. The molecule has 0 spiro atoms. The molecular weight excluding hydrogens is 499 g/mol. The number of aromatic hydroxyl groups is 1. The van der Waals surface area contributed by atoms with Gasteiger partial charge < -0.3 is 14.6 Å². The SMILES string of the molecule is C.CC(C)(Cc1ccc(O)cc1)OC(=O)Cc1ccc(-c2ncn(-c3ccc(OC(F)(F)F)cc3)n2)cc1. The molecule has 0 aliphatic carbocycles. The van der Waals surface area contributed by atoms with Crippen LogP contribution in [0.25, 0.3) is 17.1 Å². The van der Waals surface area contributed by atoms with Crippen molar-refractivity contribution in [2.45, 2.75) is 46.1 Å². The second kappa shape index (κ2) is 11.4. The lowest BCUT2D eigenvalue weighted by atomic mass is 9.98. The first-order valence-electron chi connectivity index (χ1n) is 11.3. The maximum absolute atomic E-state index is 12.5. The molecular formula is C28H28F3N3O4. The highest BCUT2D eigenvalue weighted by Gasteiger charge is 2.31. The third kappa shape index (κ3) is 7.83. The van der Waals surface area contributed by atoms with Crippen molar-refractivity contribution in [3.63, 3.8) is 0 Å². The van der Waals surface area contributed by atoms with Gasteiger partial charge >= 0.3 is 12.3 Å². The topological polar surface area (TPSA) is 86.5 Å². The van der Waals surface area contributed by atoms with Gasteiger partial charge in [0.1, 0.15) is 23.4 Å². The maximum Gasteiger partial charge on any atom is 0.573 e. The summed E-state index contributed by atoms with van der Waals surface area (Å²) in [5.74, 6) is -0.0938. The summed E-state index contributed by atoms with van der Waals surface area (Å²) in [7, 11) is 0. The van der Waals surface area contributed by atoms with Crippen molar-refractivity contribution in [3.8, 4) is 28.6 Å². The van der Waals surface area contributed by atoms with Crippen molar-refractivity contribution < 1.29 is 32.5 Å². The molecule has 4 rings (SSSR count). The molecule has 0 saturated carbocycles. The number of ether oxygens (including phenoxy) is 2. The van der Waals surface area contributed by atoms with Crippen molar-refractivity contribution in [2.24, 2.45) is 0 Å². The molecule has 0 unspecified atom stereocenters. The zero-order valence-electron chi connectivity index (χ0n) is 20.1. The van der Waals surface area contributed by atoms with E-state index in [0.717, 1.165) is 11.1 Å². The first-order valence-corrected chi connectivity index (χ1v) is 11.3. The Bertz CT molecular complexity index is 1350. The number of esters is 1. The zero-order chi connectivity index (χ0) is 26.6. The average molecular weight is 528 g/mol. The first-order chi connectivity index (χ1) is 17.5. The molecule has 1 aromatic heterocycles. The number of carbonyl (C=O) groups excluding carboxylic acids is 1. The normalized spacial score (nSPS) is 11.5. The van der Waals surface area contributed by atoms with Gasteiger partial charge in [-0.1, -0.05) is 43.8 Å². The van der Waals surface area contributed by atoms with Crippen molar-refractivity contribution in [1.29, 1.82) is 0 Å². The zero-order valence-corrected chi connectivity index (χ0v) is 20.1. The molecule has 7 nitrogen and oxygen atoms in total. The molecule has 200 valence electrons. The van der Waals surface area contributed by atoms with Crippen LogP contribution in [0.15, 0.2) is 79.1 Å². The molecule has 38 heavy (non-hydrogen) atoms. The molecule has 1 N–H and O–H groups in total. The maximum atomic E-state index is 12.5. The Morgan fingerprint density at radius 2 is 1.53 bits per heavy atom. The molecule has 0 amide bonds. The van der Waals surface area contributed by atoms with Crippen LogP contribution in [0.4, 0.5) is 13.2 Å². The van der Waals surface area contributed by atoms with Crippen molar-refractivity contribution in [1.82, 2.24) is 14.8 Å². The van der Waals surface area contributed by atoms with E-state index in [2.05, 4.69) is 14.8 Å². The van der Waals surface area contributed by atoms with Gasteiger partial charge in [-0.05, 0) is 61.4 Å². The summed E-state index contributed by atoms with van der Waals surface area (Å²) in [5.41, 5.74) is 2.21. The Hall–Kier alpha value is -4.34. The number of hydrogen-bond acceptors (Lipinski definition) is 6. The van der Waals surface area contributed by atoms with Crippen LogP contribution in [-0.4, -0.2) is 37.8 Å². The second-order valence-corrected chi connectivity index (χ2v) is 9.01. The predicted molar refractivity (Wildman–Crippen MR) is 136 cm³/mol. The largest absolute Gasteiger partial charge is 0.573 e. The molecule has 0 bridgehead atoms. The van der Waals surface area contributed by atoms with E-state index < -0.39 is 12.0 Å². The molecule has 10 heteroatoms.